The van der Waals surface area contributed by atoms with Gasteiger partial charge in [0.25, 0.3) is 0 Å². The van der Waals surface area contributed by atoms with Crippen LogP contribution in [0.1, 0.15) is 59.3 Å². The molecule has 0 aliphatic heterocycles. The van der Waals surface area contributed by atoms with Gasteiger partial charge in [0, 0.05) is 18.3 Å². The number of Topliss-reactive ketones (excluding diaryl/α,β-unsaturated/α-hetero) is 1. The van der Waals surface area contributed by atoms with Gasteiger partial charge in [-0.25, -0.2) is 4.79 Å². The van der Waals surface area contributed by atoms with Crippen LogP contribution in [-0.4, -0.2) is 47.9 Å². The maximum Gasteiger partial charge on any atom is 0.339 e. The number of allylic oxidation sites excluding steroid dienone is 6. The van der Waals surface area contributed by atoms with E-state index in [-0.39, 0.29) is 34.9 Å². The molecule has 33 heavy (non-hydrogen) atoms. The Hall–Kier alpha value is -2.54. The van der Waals surface area contributed by atoms with Crippen molar-refractivity contribution < 1.29 is 33.8 Å². The Morgan fingerprint density at radius 2 is 1.91 bits per heavy atom. The largest absolute Gasteiger partial charge is 0.462 e. The number of rotatable bonds is 6. The fraction of sp³-hybridized carbons (Fsp3) is 0.615. The summed E-state index contributed by atoms with van der Waals surface area (Å²) in [4.78, 5) is 47.8. The predicted octanol–water partition coefficient (Wildman–Crippen LogP) is 3.01. The lowest BCUT2D eigenvalue weighted by Crippen LogP contribution is -2.42. The van der Waals surface area contributed by atoms with E-state index in [1.807, 2.05) is 0 Å². The minimum absolute atomic E-state index is 0.0613. The molecule has 7 nitrogen and oxygen atoms in total. The van der Waals surface area contributed by atoms with Gasteiger partial charge >= 0.3 is 11.9 Å². The lowest BCUT2D eigenvalue weighted by Gasteiger charge is -2.49. The Morgan fingerprint density at radius 3 is 2.64 bits per heavy atom. The Bertz CT molecular complexity index is 987. The number of aliphatic hydroxyl groups excluding tert-OH is 1. The molecule has 0 bridgehead atoms. The first-order valence-electron chi connectivity index (χ1n) is 11.7. The van der Waals surface area contributed by atoms with Gasteiger partial charge in [0.2, 0.25) is 0 Å². The number of carbonyl (C=O) groups excluding carboxylic acids is 4. The molecule has 0 amide bonds. The van der Waals surface area contributed by atoms with Crippen LogP contribution < -0.4 is 0 Å². The second-order valence-corrected chi connectivity index (χ2v) is 10.2. The van der Waals surface area contributed by atoms with E-state index in [1.165, 1.54) is 23.6 Å². The van der Waals surface area contributed by atoms with E-state index in [0.29, 0.717) is 5.92 Å². The zero-order valence-corrected chi connectivity index (χ0v) is 19.5. The van der Waals surface area contributed by atoms with Crippen molar-refractivity contribution in [2.45, 2.75) is 65.4 Å². The van der Waals surface area contributed by atoms with Crippen molar-refractivity contribution >= 4 is 23.5 Å². The van der Waals surface area contributed by atoms with Crippen LogP contribution in [0.25, 0.3) is 0 Å². The molecule has 1 unspecified atom stereocenters. The molecule has 0 spiro atoms. The van der Waals surface area contributed by atoms with E-state index in [4.69, 9.17) is 4.74 Å². The Balaban J connectivity index is 1.45. The molecule has 0 heterocycles. The number of carbonyl (C=O) groups is 4. The molecule has 4 rings (SSSR count). The van der Waals surface area contributed by atoms with Gasteiger partial charge in [-0.05, 0) is 68.9 Å². The molecule has 1 N–H and O–H groups in total. The summed E-state index contributed by atoms with van der Waals surface area (Å²) >= 11 is 0. The van der Waals surface area contributed by atoms with Crippen molar-refractivity contribution in [2.75, 3.05) is 13.2 Å². The lowest BCUT2D eigenvalue weighted by molar-refractivity contribution is -0.163. The first kappa shape index (κ1) is 23.6. The third-order valence-electron chi connectivity index (χ3n) is 8.37. The topological polar surface area (TPSA) is 107 Å². The molecule has 4 aliphatic rings. The van der Waals surface area contributed by atoms with Gasteiger partial charge in [0.15, 0.2) is 17.7 Å². The smallest absolute Gasteiger partial charge is 0.339 e. The van der Waals surface area contributed by atoms with Gasteiger partial charge in [-0.3, -0.25) is 14.4 Å². The number of fused-ring (bicyclic) bond motifs is 4. The van der Waals surface area contributed by atoms with Gasteiger partial charge in [-0.1, -0.05) is 29.7 Å². The average molecular weight is 457 g/mol. The number of hydrogen-bond donors (Lipinski definition) is 1. The zero-order chi connectivity index (χ0) is 24.0. The molecule has 5 atom stereocenters. The molecule has 1 fully saturated rings. The van der Waals surface area contributed by atoms with Crippen molar-refractivity contribution in [3.63, 3.8) is 0 Å². The van der Waals surface area contributed by atoms with Crippen LogP contribution in [-0.2, 0) is 28.7 Å². The summed E-state index contributed by atoms with van der Waals surface area (Å²) in [5, 5.41) is 9.75. The van der Waals surface area contributed by atoms with E-state index >= 15 is 0 Å². The summed E-state index contributed by atoms with van der Waals surface area (Å²) in [5.41, 5.74) is 3.68. The number of hydrogen-bond acceptors (Lipinski definition) is 7. The molecule has 7 heteroatoms. The van der Waals surface area contributed by atoms with E-state index in [9.17, 15) is 24.3 Å². The van der Waals surface area contributed by atoms with Crippen LogP contribution in [0.5, 0.6) is 0 Å². The quantitative estimate of drug-likeness (QED) is 0.484. The summed E-state index contributed by atoms with van der Waals surface area (Å²) in [6.07, 6.45) is 9.16. The molecule has 0 aromatic carbocycles. The van der Waals surface area contributed by atoms with Gasteiger partial charge in [-0.15, -0.1) is 0 Å². The maximum absolute atomic E-state index is 13.1. The lowest BCUT2D eigenvalue weighted by atomic mass is 9.54. The maximum atomic E-state index is 13.1. The number of aliphatic hydroxyl groups is 1. The number of ketones is 2. The minimum Gasteiger partial charge on any atom is -0.462 e. The van der Waals surface area contributed by atoms with Crippen molar-refractivity contribution in [3.8, 4) is 0 Å². The zero-order valence-electron chi connectivity index (χ0n) is 19.5. The first-order valence-corrected chi connectivity index (χ1v) is 11.7. The van der Waals surface area contributed by atoms with Crippen LogP contribution in [0, 0.1) is 22.7 Å². The van der Waals surface area contributed by atoms with Gasteiger partial charge in [-0.2, -0.15) is 0 Å². The van der Waals surface area contributed by atoms with Crippen LogP contribution in [0.15, 0.2) is 34.9 Å². The molecule has 1 saturated carbocycles. The molecular formula is C26H32O7. The first-order chi connectivity index (χ1) is 15.6. The molecule has 4 aliphatic carbocycles. The predicted molar refractivity (Wildman–Crippen MR) is 119 cm³/mol. The van der Waals surface area contributed by atoms with Crippen molar-refractivity contribution in [3.05, 3.63) is 34.9 Å². The summed E-state index contributed by atoms with van der Waals surface area (Å²) in [6.45, 7) is 4.69. The number of esters is 2. The second-order valence-electron chi connectivity index (χ2n) is 10.2. The molecule has 178 valence electrons. The third-order valence-corrected chi connectivity index (χ3v) is 8.37. The summed E-state index contributed by atoms with van der Waals surface area (Å²) in [5.74, 6) is -1.53. The van der Waals surface area contributed by atoms with Crippen LogP contribution in [0.2, 0.25) is 0 Å². The highest BCUT2D eigenvalue weighted by Crippen LogP contribution is 2.63. The monoisotopic (exact) mass is 456 g/mol. The summed E-state index contributed by atoms with van der Waals surface area (Å²) < 4.78 is 9.66. The summed E-state index contributed by atoms with van der Waals surface area (Å²) in [7, 11) is 0. The highest BCUT2D eigenvalue weighted by molar-refractivity contribution is 6.01. The standard InChI is InChI=1S/C26H32O7/c1-15(27)32-14-23(30)24(31)33-13-22(29)21-7-6-19-18-5-4-16-12-17(28)8-10-25(16,2)20(18)9-11-26(19,21)3/h8,10,12,19,21,23,30H,4-7,9,11,13-14H2,1-3H3/t19-,21+,23?,25-,26-/m0/s1. The van der Waals surface area contributed by atoms with Crippen LogP contribution >= 0.6 is 0 Å². The highest BCUT2D eigenvalue weighted by Gasteiger charge is 2.55. The van der Waals surface area contributed by atoms with Gasteiger partial charge in [0.1, 0.15) is 13.2 Å². The van der Waals surface area contributed by atoms with Crippen LogP contribution in [0.3, 0.4) is 0 Å². The molecule has 0 aromatic heterocycles. The van der Waals surface area contributed by atoms with Crippen molar-refractivity contribution in [1.29, 1.82) is 0 Å². The van der Waals surface area contributed by atoms with Gasteiger partial charge in [0.05, 0.1) is 0 Å². The van der Waals surface area contributed by atoms with Crippen molar-refractivity contribution in [2.24, 2.45) is 22.7 Å². The molecular weight excluding hydrogens is 424 g/mol. The van der Waals surface area contributed by atoms with E-state index in [1.54, 1.807) is 12.2 Å². The number of ether oxygens (including phenoxy) is 2. The van der Waals surface area contributed by atoms with E-state index in [2.05, 4.69) is 24.7 Å². The van der Waals surface area contributed by atoms with Crippen LogP contribution in [0.4, 0.5) is 0 Å². The third kappa shape index (κ3) is 4.12. The minimum atomic E-state index is -1.60. The SMILES string of the molecule is CC(=O)OCC(O)C(=O)OCC(=O)[C@H]1CC[C@H]2C3=C(CC[C@]12C)[C@@]1(C)C=CC(=O)C=C1CC3. The average Bonchev–Trinajstić information content (AvgIpc) is 3.13. The second kappa shape index (κ2) is 8.67. The van der Waals surface area contributed by atoms with Crippen molar-refractivity contribution in [1.82, 2.24) is 0 Å². The highest BCUT2D eigenvalue weighted by atomic mass is 16.6. The normalized spacial score (nSPS) is 33.5. The Labute approximate surface area is 193 Å². The summed E-state index contributed by atoms with van der Waals surface area (Å²) in [6, 6.07) is 0. The molecule has 0 saturated heterocycles. The molecule has 0 radical (unpaired) electrons. The fourth-order valence-corrected chi connectivity index (χ4v) is 6.59. The Kier molecular flexibility index (Phi) is 6.20. The van der Waals surface area contributed by atoms with E-state index < -0.39 is 24.6 Å². The fourth-order valence-electron chi connectivity index (χ4n) is 6.59. The Morgan fingerprint density at radius 1 is 1.15 bits per heavy atom. The molecule has 0 aromatic rings. The van der Waals surface area contributed by atoms with E-state index in [0.717, 1.165) is 38.5 Å². The van der Waals surface area contributed by atoms with Gasteiger partial charge < -0.3 is 14.6 Å².